The van der Waals surface area contributed by atoms with Crippen LogP contribution in [-0.4, -0.2) is 37.0 Å². The minimum atomic E-state index is -3.90. The molecule has 1 unspecified atom stereocenters. The fourth-order valence-corrected chi connectivity index (χ4v) is 3.80. The fraction of sp³-hybridized carbons (Fsp3) is 0.417. The van der Waals surface area contributed by atoms with E-state index in [9.17, 15) is 13.2 Å². The highest BCUT2D eigenvalue weighted by Gasteiger charge is 2.18. The molecule has 1 heterocycles. The molecule has 0 spiro atoms. The van der Waals surface area contributed by atoms with Gasteiger partial charge >= 0.3 is 5.97 Å². The Labute approximate surface area is 121 Å². The lowest BCUT2D eigenvalue weighted by atomic mass is 10.1. The second-order valence-electron chi connectivity index (χ2n) is 4.57. The monoisotopic (exact) mass is 316 g/mol. The van der Waals surface area contributed by atoms with E-state index in [1.54, 1.807) is 0 Å². The van der Waals surface area contributed by atoms with Crippen LogP contribution in [0.3, 0.4) is 0 Å². The van der Waals surface area contributed by atoms with Crippen LogP contribution in [-0.2, 0) is 10.0 Å². The third-order valence-corrected chi connectivity index (χ3v) is 5.40. The molecular weight excluding hydrogens is 300 g/mol. The summed E-state index contributed by atoms with van der Waals surface area (Å²) in [6.07, 6.45) is 2.28. The molecule has 0 saturated carbocycles. The second kappa shape index (κ2) is 6.02. The van der Waals surface area contributed by atoms with Gasteiger partial charge < -0.3 is 10.4 Å². The Balaban J connectivity index is 2.21. The molecule has 4 N–H and O–H groups in total. The van der Waals surface area contributed by atoms with Crippen LogP contribution < -0.4 is 10.5 Å². The average molecular weight is 316 g/mol. The van der Waals surface area contributed by atoms with Gasteiger partial charge in [0.1, 0.15) is 0 Å². The number of primary sulfonamides is 1. The van der Waals surface area contributed by atoms with Gasteiger partial charge in [-0.15, -0.1) is 0 Å². The fourth-order valence-electron chi connectivity index (χ4n) is 2.06. The topological polar surface area (TPSA) is 109 Å². The van der Waals surface area contributed by atoms with Crippen molar-refractivity contribution in [3.63, 3.8) is 0 Å². The molecule has 6 nitrogen and oxygen atoms in total. The van der Waals surface area contributed by atoms with Crippen LogP contribution in [0.1, 0.15) is 23.2 Å². The number of aromatic carboxylic acids is 1. The number of carboxylic acids is 1. The lowest BCUT2D eigenvalue weighted by Crippen LogP contribution is -2.17. The Morgan fingerprint density at radius 1 is 1.50 bits per heavy atom. The van der Waals surface area contributed by atoms with Crippen LogP contribution in [0.5, 0.6) is 0 Å². The summed E-state index contributed by atoms with van der Waals surface area (Å²) in [7, 11) is -3.90. The van der Waals surface area contributed by atoms with Gasteiger partial charge in [0.25, 0.3) is 0 Å². The molecule has 110 valence electrons. The zero-order valence-electron chi connectivity index (χ0n) is 10.7. The molecule has 0 amide bonds. The number of sulfonamides is 1. The summed E-state index contributed by atoms with van der Waals surface area (Å²) in [5.41, 5.74) is 0.330. The molecular formula is C12H16N2O4S2. The molecule has 8 heteroatoms. The van der Waals surface area contributed by atoms with Crippen LogP contribution in [0, 0.1) is 0 Å². The van der Waals surface area contributed by atoms with Crippen LogP contribution in [0.25, 0.3) is 0 Å². The van der Waals surface area contributed by atoms with Crippen molar-refractivity contribution < 1.29 is 18.3 Å². The number of anilines is 1. The predicted molar refractivity (Wildman–Crippen MR) is 78.7 cm³/mol. The highest BCUT2D eigenvalue weighted by Crippen LogP contribution is 2.27. The smallest absolute Gasteiger partial charge is 0.337 e. The lowest BCUT2D eigenvalue weighted by molar-refractivity contribution is 0.0697. The van der Waals surface area contributed by atoms with E-state index in [1.807, 2.05) is 11.8 Å². The highest BCUT2D eigenvalue weighted by molar-refractivity contribution is 8.00. The summed E-state index contributed by atoms with van der Waals surface area (Å²) in [4.78, 5) is 11.0. The number of hydrogen-bond acceptors (Lipinski definition) is 5. The van der Waals surface area contributed by atoms with Gasteiger partial charge in [-0.3, -0.25) is 0 Å². The van der Waals surface area contributed by atoms with E-state index in [2.05, 4.69) is 5.32 Å². The first-order chi connectivity index (χ1) is 9.38. The van der Waals surface area contributed by atoms with Crippen LogP contribution in [0.15, 0.2) is 23.1 Å². The zero-order valence-corrected chi connectivity index (χ0v) is 12.3. The van der Waals surface area contributed by atoms with Crippen molar-refractivity contribution in [1.29, 1.82) is 0 Å². The molecule has 1 aromatic carbocycles. The van der Waals surface area contributed by atoms with E-state index in [1.165, 1.54) is 18.6 Å². The number of rotatable bonds is 5. The average Bonchev–Trinajstić information content (AvgIpc) is 2.88. The van der Waals surface area contributed by atoms with E-state index in [0.717, 1.165) is 18.2 Å². The van der Waals surface area contributed by atoms with Crippen molar-refractivity contribution in [3.8, 4) is 0 Å². The Morgan fingerprint density at radius 2 is 2.25 bits per heavy atom. The maximum absolute atomic E-state index is 11.2. The molecule has 0 bridgehead atoms. The second-order valence-corrected chi connectivity index (χ2v) is 7.54. The van der Waals surface area contributed by atoms with E-state index < -0.39 is 16.0 Å². The molecule has 1 atom stereocenters. The number of benzene rings is 1. The quantitative estimate of drug-likeness (QED) is 0.756. The lowest BCUT2D eigenvalue weighted by Gasteiger charge is -2.14. The van der Waals surface area contributed by atoms with Crippen LogP contribution >= 0.6 is 11.8 Å². The molecule has 1 aliphatic heterocycles. The van der Waals surface area contributed by atoms with Crippen molar-refractivity contribution in [2.45, 2.75) is 23.0 Å². The molecule has 2 rings (SSSR count). The van der Waals surface area contributed by atoms with Gasteiger partial charge in [-0.2, -0.15) is 11.8 Å². The van der Waals surface area contributed by atoms with Crippen LogP contribution in [0.4, 0.5) is 5.69 Å². The first-order valence-corrected chi connectivity index (χ1v) is 8.73. The number of nitrogens with two attached hydrogens (primary N) is 1. The predicted octanol–water partition coefficient (Wildman–Crippen LogP) is 1.34. The maximum atomic E-state index is 11.2. The first-order valence-electron chi connectivity index (χ1n) is 6.13. The summed E-state index contributed by atoms with van der Waals surface area (Å²) in [6, 6.07) is 3.84. The Kier molecular flexibility index (Phi) is 4.56. The Bertz CT molecular complexity index is 610. The normalized spacial score (nSPS) is 18.9. The summed E-state index contributed by atoms with van der Waals surface area (Å²) in [6.45, 7) is 0.666. The van der Waals surface area contributed by atoms with Crippen molar-refractivity contribution in [2.75, 3.05) is 17.6 Å². The summed E-state index contributed by atoms with van der Waals surface area (Å²) < 4.78 is 22.5. The molecule has 1 aromatic rings. The molecule has 0 aliphatic carbocycles. The Morgan fingerprint density at radius 3 is 2.80 bits per heavy atom. The van der Waals surface area contributed by atoms with Gasteiger partial charge in [0, 0.05) is 17.5 Å². The SMILES string of the molecule is NS(=O)(=O)c1ccc(NCC2CCCS2)c(C(=O)O)c1. The largest absolute Gasteiger partial charge is 0.478 e. The Hall–Kier alpha value is -1.25. The number of thioether (sulfide) groups is 1. The standard InChI is InChI=1S/C12H16N2O4S2/c13-20(17,18)9-3-4-11(10(6-9)12(15)16)14-7-8-2-1-5-19-8/h3-4,6,8,14H,1-2,5,7H2,(H,15,16)(H2,13,17,18). The summed E-state index contributed by atoms with van der Waals surface area (Å²) >= 11 is 1.86. The third-order valence-electron chi connectivity index (χ3n) is 3.09. The van der Waals surface area contributed by atoms with Crippen molar-refractivity contribution in [2.24, 2.45) is 5.14 Å². The summed E-state index contributed by atoms with van der Waals surface area (Å²) in [5.74, 6) is -0.0558. The van der Waals surface area contributed by atoms with E-state index in [0.29, 0.717) is 17.5 Å². The third kappa shape index (κ3) is 3.65. The molecule has 1 aliphatic rings. The number of carbonyl (C=O) groups is 1. The minimum absolute atomic E-state index is 0.0838. The van der Waals surface area contributed by atoms with Crippen molar-refractivity contribution >= 4 is 33.4 Å². The van der Waals surface area contributed by atoms with Crippen molar-refractivity contribution in [3.05, 3.63) is 23.8 Å². The minimum Gasteiger partial charge on any atom is -0.478 e. The van der Waals surface area contributed by atoms with Gasteiger partial charge in [0.15, 0.2) is 0 Å². The van der Waals surface area contributed by atoms with Gasteiger partial charge in [-0.25, -0.2) is 18.4 Å². The molecule has 0 radical (unpaired) electrons. The molecule has 1 fully saturated rings. The maximum Gasteiger partial charge on any atom is 0.337 e. The van der Waals surface area contributed by atoms with E-state index >= 15 is 0 Å². The number of hydrogen-bond donors (Lipinski definition) is 3. The zero-order chi connectivity index (χ0) is 14.8. The van der Waals surface area contributed by atoms with Gasteiger partial charge in [-0.1, -0.05) is 0 Å². The number of nitrogens with one attached hydrogen (secondary N) is 1. The van der Waals surface area contributed by atoms with Gasteiger partial charge in [0.05, 0.1) is 10.5 Å². The molecule has 20 heavy (non-hydrogen) atoms. The van der Waals surface area contributed by atoms with Gasteiger partial charge in [0.2, 0.25) is 10.0 Å². The highest BCUT2D eigenvalue weighted by atomic mass is 32.2. The van der Waals surface area contributed by atoms with Crippen molar-refractivity contribution in [1.82, 2.24) is 0 Å². The van der Waals surface area contributed by atoms with Gasteiger partial charge in [-0.05, 0) is 36.8 Å². The van der Waals surface area contributed by atoms with Crippen LogP contribution in [0.2, 0.25) is 0 Å². The van der Waals surface area contributed by atoms with E-state index in [-0.39, 0.29) is 10.5 Å². The molecule has 1 saturated heterocycles. The van der Waals surface area contributed by atoms with E-state index in [4.69, 9.17) is 10.2 Å². The summed E-state index contributed by atoms with van der Waals surface area (Å²) in [5, 5.41) is 17.7. The molecule has 0 aromatic heterocycles. The number of carboxylic acid groups (broad SMARTS) is 1. The first kappa shape index (κ1) is 15.1.